The number of unbranched alkanes of at least 4 members (excludes halogenated alkanes) is 3. The molecule has 0 saturated carbocycles. The van der Waals surface area contributed by atoms with Crippen LogP contribution in [0, 0.1) is 0 Å². The summed E-state index contributed by atoms with van der Waals surface area (Å²) in [7, 11) is 0. The van der Waals surface area contributed by atoms with Crippen molar-refractivity contribution < 1.29 is 4.79 Å². The summed E-state index contributed by atoms with van der Waals surface area (Å²) < 4.78 is 0. The molecule has 0 aliphatic heterocycles. The molecule has 0 aliphatic carbocycles. The van der Waals surface area contributed by atoms with Crippen molar-refractivity contribution in [2.24, 2.45) is 5.73 Å². The minimum atomic E-state index is -0.356. The summed E-state index contributed by atoms with van der Waals surface area (Å²) in [6.45, 7) is 2.24. The number of allylic oxidation sites excluding steroid dienone is 8. The molecule has 1 aromatic heterocycles. The van der Waals surface area contributed by atoms with Gasteiger partial charge in [0.2, 0.25) is 5.91 Å². The van der Waals surface area contributed by atoms with Gasteiger partial charge < -0.3 is 5.73 Å². The number of fused-ring (bicyclic) bond motifs is 1. The van der Waals surface area contributed by atoms with Gasteiger partial charge in [0, 0.05) is 5.39 Å². The average Bonchev–Trinajstić information content (AvgIpc) is 2.80. The number of primary amides is 1. The van der Waals surface area contributed by atoms with Crippen molar-refractivity contribution in [1.29, 1.82) is 0 Å². The van der Waals surface area contributed by atoms with Crippen LogP contribution >= 0.6 is 0 Å². The van der Waals surface area contributed by atoms with E-state index in [9.17, 15) is 4.79 Å². The molecule has 170 valence electrons. The van der Waals surface area contributed by atoms with Gasteiger partial charge in [0.15, 0.2) is 0 Å². The molecule has 0 fully saturated rings. The third kappa shape index (κ3) is 9.91. The van der Waals surface area contributed by atoms with Crippen molar-refractivity contribution >= 4 is 16.8 Å². The van der Waals surface area contributed by atoms with Gasteiger partial charge in [-0.2, -0.15) is 0 Å². The van der Waals surface area contributed by atoms with E-state index >= 15 is 0 Å². The molecular formula is C29H38N2O. The minimum Gasteiger partial charge on any atom is -0.369 e. The SMILES string of the molecule is CCCCC/C=C\C/C=C\C/C=C\C/C=C\CCC(C(N)=O)c1ccc2ccccc2n1. The fourth-order valence-electron chi connectivity index (χ4n) is 3.54. The van der Waals surface area contributed by atoms with Gasteiger partial charge in [0.05, 0.1) is 17.1 Å². The maximum atomic E-state index is 12.0. The fraction of sp³-hybridized carbons (Fsp3) is 0.379. The van der Waals surface area contributed by atoms with Crippen LogP contribution in [0.3, 0.4) is 0 Å². The molecule has 2 N–H and O–H groups in total. The van der Waals surface area contributed by atoms with Gasteiger partial charge in [-0.25, -0.2) is 0 Å². The molecule has 3 nitrogen and oxygen atoms in total. The van der Waals surface area contributed by atoms with Crippen LogP contribution in [0.4, 0.5) is 0 Å². The van der Waals surface area contributed by atoms with E-state index in [-0.39, 0.29) is 11.8 Å². The lowest BCUT2D eigenvalue weighted by atomic mass is 9.97. The summed E-state index contributed by atoms with van der Waals surface area (Å²) in [5.41, 5.74) is 7.31. The van der Waals surface area contributed by atoms with E-state index in [0.717, 1.165) is 42.3 Å². The third-order valence-electron chi connectivity index (χ3n) is 5.40. The second-order valence-electron chi connectivity index (χ2n) is 8.05. The highest BCUT2D eigenvalue weighted by molar-refractivity contribution is 5.83. The van der Waals surface area contributed by atoms with E-state index in [4.69, 9.17) is 5.73 Å². The van der Waals surface area contributed by atoms with Gasteiger partial charge in [0.1, 0.15) is 0 Å². The first-order chi connectivity index (χ1) is 15.7. The number of rotatable bonds is 15. The van der Waals surface area contributed by atoms with Crippen LogP contribution in [-0.4, -0.2) is 10.9 Å². The van der Waals surface area contributed by atoms with Crippen LogP contribution in [0.15, 0.2) is 85.0 Å². The van der Waals surface area contributed by atoms with Crippen molar-refractivity contribution in [3.63, 3.8) is 0 Å². The average molecular weight is 431 g/mol. The van der Waals surface area contributed by atoms with Crippen LogP contribution in [-0.2, 0) is 4.79 Å². The Hall–Kier alpha value is -2.94. The molecule has 0 spiro atoms. The van der Waals surface area contributed by atoms with E-state index in [0.29, 0.717) is 6.42 Å². The standard InChI is InChI=1S/C29H38N2O/c1-2-3-4-5-6-7-8-9-10-11-12-13-14-15-16-17-21-26(29(30)32)28-24-23-25-20-18-19-22-27(25)31-28/h6-7,9-10,12-13,15-16,18-20,22-24,26H,2-5,8,11,14,17,21H2,1H3,(H2,30,32)/b7-6-,10-9-,13-12-,16-15-. The number of nitrogens with zero attached hydrogens (tertiary/aromatic N) is 1. The predicted octanol–water partition coefficient (Wildman–Crippen LogP) is 7.56. The first kappa shape index (κ1) is 25.3. The Morgan fingerprint density at radius 1 is 0.844 bits per heavy atom. The molecular weight excluding hydrogens is 392 g/mol. The number of pyridine rings is 1. The molecule has 3 heteroatoms. The molecule has 0 saturated heterocycles. The molecule has 1 heterocycles. The highest BCUT2D eigenvalue weighted by Gasteiger charge is 2.18. The zero-order valence-corrected chi connectivity index (χ0v) is 19.5. The van der Waals surface area contributed by atoms with Gasteiger partial charge in [-0.05, 0) is 57.1 Å². The van der Waals surface area contributed by atoms with Crippen LogP contribution in [0.5, 0.6) is 0 Å². The van der Waals surface area contributed by atoms with Gasteiger partial charge in [-0.1, -0.05) is 92.6 Å². The van der Waals surface area contributed by atoms with Crippen LogP contribution in [0.1, 0.15) is 76.3 Å². The Labute approximate surface area is 193 Å². The molecule has 1 aromatic carbocycles. The van der Waals surface area contributed by atoms with Gasteiger partial charge >= 0.3 is 0 Å². The second kappa shape index (κ2) is 15.8. The zero-order chi connectivity index (χ0) is 22.9. The summed E-state index contributed by atoms with van der Waals surface area (Å²) in [5.74, 6) is -0.672. The first-order valence-corrected chi connectivity index (χ1v) is 12.0. The van der Waals surface area contributed by atoms with E-state index in [1.165, 1.54) is 25.7 Å². The Bertz CT molecular complexity index is 924. The minimum absolute atomic E-state index is 0.316. The van der Waals surface area contributed by atoms with Crippen molar-refractivity contribution in [2.45, 2.75) is 70.6 Å². The zero-order valence-electron chi connectivity index (χ0n) is 19.5. The van der Waals surface area contributed by atoms with Crippen LogP contribution < -0.4 is 5.73 Å². The number of hydrogen-bond acceptors (Lipinski definition) is 2. The molecule has 32 heavy (non-hydrogen) atoms. The summed E-state index contributed by atoms with van der Waals surface area (Å²) in [6.07, 6.45) is 27.1. The number of carbonyl (C=O) groups is 1. The molecule has 1 unspecified atom stereocenters. The monoisotopic (exact) mass is 430 g/mol. The fourth-order valence-corrected chi connectivity index (χ4v) is 3.54. The topological polar surface area (TPSA) is 56.0 Å². The summed E-state index contributed by atoms with van der Waals surface area (Å²) in [6, 6.07) is 11.8. The Balaban J connectivity index is 1.65. The van der Waals surface area contributed by atoms with E-state index in [2.05, 4.69) is 60.5 Å². The Morgan fingerprint density at radius 3 is 2.12 bits per heavy atom. The molecule has 1 amide bonds. The normalized spacial score (nSPS) is 13.3. The summed E-state index contributed by atoms with van der Waals surface area (Å²) in [5, 5.41) is 1.07. The van der Waals surface area contributed by atoms with E-state index in [1.807, 2.05) is 36.4 Å². The molecule has 2 aromatic rings. The van der Waals surface area contributed by atoms with Crippen molar-refractivity contribution in [3.05, 3.63) is 90.7 Å². The quantitative estimate of drug-likeness (QED) is 0.234. The molecule has 2 rings (SSSR count). The molecule has 1 atom stereocenters. The smallest absolute Gasteiger partial charge is 0.226 e. The van der Waals surface area contributed by atoms with E-state index in [1.54, 1.807) is 0 Å². The maximum absolute atomic E-state index is 12.0. The Kier molecular flexibility index (Phi) is 12.5. The highest BCUT2D eigenvalue weighted by Crippen LogP contribution is 2.22. The third-order valence-corrected chi connectivity index (χ3v) is 5.40. The molecule has 0 radical (unpaired) electrons. The number of aromatic nitrogens is 1. The van der Waals surface area contributed by atoms with Crippen LogP contribution in [0.2, 0.25) is 0 Å². The van der Waals surface area contributed by atoms with Gasteiger partial charge in [-0.3, -0.25) is 9.78 Å². The lowest BCUT2D eigenvalue weighted by Crippen LogP contribution is -2.22. The van der Waals surface area contributed by atoms with Crippen molar-refractivity contribution in [2.75, 3.05) is 0 Å². The summed E-state index contributed by atoms with van der Waals surface area (Å²) in [4.78, 5) is 16.6. The number of benzene rings is 1. The van der Waals surface area contributed by atoms with E-state index < -0.39 is 0 Å². The lowest BCUT2D eigenvalue weighted by molar-refractivity contribution is -0.119. The summed E-state index contributed by atoms with van der Waals surface area (Å²) >= 11 is 0. The van der Waals surface area contributed by atoms with Gasteiger partial charge in [-0.15, -0.1) is 0 Å². The number of para-hydroxylation sites is 1. The number of amides is 1. The number of hydrogen-bond donors (Lipinski definition) is 1. The van der Waals surface area contributed by atoms with Gasteiger partial charge in [0.25, 0.3) is 0 Å². The van der Waals surface area contributed by atoms with Crippen molar-refractivity contribution in [3.8, 4) is 0 Å². The number of carbonyl (C=O) groups excluding carboxylic acids is 1. The maximum Gasteiger partial charge on any atom is 0.226 e. The van der Waals surface area contributed by atoms with Crippen molar-refractivity contribution in [1.82, 2.24) is 4.98 Å². The molecule has 0 aliphatic rings. The Morgan fingerprint density at radius 2 is 1.47 bits per heavy atom. The van der Waals surface area contributed by atoms with Crippen LogP contribution in [0.25, 0.3) is 10.9 Å². The second-order valence-corrected chi connectivity index (χ2v) is 8.05. The lowest BCUT2D eigenvalue weighted by Gasteiger charge is -2.12. The first-order valence-electron chi connectivity index (χ1n) is 12.0. The highest BCUT2D eigenvalue weighted by atomic mass is 16.1. The largest absolute Gasteiger partial charge is 0.369 e. The molecule has 0 bridgehead atoms. The number of nitrogens with two attached hydrogens (primary N) is 1. The predicted molar refractivity (Wildman–Crippen MR) is 137 cm³/mol.